The molecule has 0 bridgehead atoms. The predicted molar refractivity (Wildman–Crippen MR) is 103 cm³/mol. The molecule has 150 valence electrons. The van der Waals surface area contributed by atoms with Crippen molar-refractivity contribution in [3.05, 3.63) is 106 Å². The molecule has 3 aromatic rings. The van der Waals surface area contributed by atoms with Gasteiger partial charge in [0.25, 0.3) is 5.56 Å². The monoisotopic (exact) mass is 400 g/mol. The van der Waals surface area contributed by atoms with E-state index in [2.05, 4.69) is 0 Å². The Balaban J connectivity index is 1.92. The Labute approximate surface area is 165 Å². The van der Waals surface area contributed by atoms with Crippen LogP contribution in [-0.4, -0.2) is 22.4 Å². The summed E-state index contributed by atoms with van der Waals surface area (Å²) in [6.07, 6.45) is -3.92. The van der Waals surface area contributed by atoms with Gasteiger partial charge in [-0.1, -0.05) is 60.7 Å². The van der Waals surface area contributed by atoms with Crippen molar-refractivity contribution in [2.24, 2.45) is 0 Å². The van der Waals surface area contributed by atoms with Crippen molar-refractivity contribution in [2.45, 2.75) is 18.8 Å². The number of hydrogen-bond donors (Lipinski definition) is 0. The molecule has 1 aromatic heterocycles. The maximum Gasteiger partial charge on any atom is 0.417 e. The Morgan fingerprint density at radius 1 is 0.931 bits per heavy atom. The van der Waals surface area contributed by atoms with Gasteiger partial charge in [0.05, 0.1) is 11.6 Å². The van der Waals surface area contributed by atoms with Gasteiger partial charge < -0.3 is 9.47 Å². The number of carbonyl (C=O) groups excluding carboxylic acids is 1. The number of hydrogen-bond acceptors (Lipinski definition) is 2. The summed E-state index contributed by atoms with van der Waals surface area (Å²) in [5, 5.41) is 0. The molecule has 0 spiro atoms. The van der Waals surface area contributed by atoms with Crippen molar-refractivity contribution >= 4 is 5.91 Å². The lowest BCUT2D eigenvalue weighted by atomic mass is 9.97. The minimum Gasteiger partial charge on any atom is -0.333 e. The van der Waals surface area contributed by atoms with Crippen LogP contribution in [-0.2, 0) is 17.5 Å². The van der Waals surface area contributed by atoms with Gasteiger partial charge >= 0.3 is 6.18 Å². The molecule has 0 atom stereocenters. The highest BCUT2D eigenvalue weighted by molar-refractivity contribution is 5.76. The van der Waals surface area contributed by atoms with Crippen LogP contribution < -0.4 is 5.56 Å². The van der Waals surface area contributed by atoms with Crippen LogP contribution in [0.1, 0.15) is 22.7 Å². The van der Waals surface area contributed by atoms with Crippen LogP contribution >= 0.6 is 0 Å². The van der Waals surface area contributed by atoms with Gasteiger partial charge in [0.1, 0.15) is 6.54 Å². The number of halogens is 3. The van der Waals surface area contributed by atoms with Crippen molar-refractivity contribution < 1.29 is 18.0 Å². The second-order valence-electron chi connectivity index (χ2n) is 6.61. The van der Waals surface area contributed by atoms with E-state index in [9.17, 15) is 22.8 Å². The normalized spacial score (nSPS) is 11.5. The SMILES string of the molecule is CN(C(=O)Cn1cc(C(F)(F)F)ccc1=O)C(c1ccccc1)c1ccccc1. The first-order chi connectivity index (χ1) is 13.8. The summed E-state index contributed by atoms with van der Waals surface area (Å²) in [4.78, 5) is 26.3. The van der Waals surface area contributed by atoms with Crippen molar-refractivity contribution in [1.29, 1.82) is 0 Å². The van der Waals surface area contributed by atoms with Crippen molar-refractivity contribution in [1.82, 2.24) is 9.47 Å². The van der Waals surface area contributed by atoms with Gasteiger partial charge in [-0.15, -0.1) is 0 Å². The fourth-order valence-corrected chi connectivity index (χ4v) is 3.13. The number of rotatable bonds is 5. The van der Waals surface area contributed by atoms with E-state index >= 15 is 0 Å². The van der Waals surface area contributed by atoms with E-state index in [0.717, 1.165) is 21.8 Å². The zero-order valence-corrected chi connectivity index (χ0v) is 15.6. The molecule has 4 nitrogen and oxygen atoms in total. The number of aromatic nitrogens is 1. The van der Waals surface area contributed by atoms with E-state index in [1.165, 1.54) is 4.90 Å². The predicted octanol–water partition coefficient (Wildman–Crippen LogP) is 4.12. The first-order valence-corrected chi connectivity index (χ1v) is 8.90. The molecule has 0 saturated carbocycles. The van der Waals surface area contributed by atoms with E-state index in [0.29, 0.717) is 12.3 Å². The van der Waals surface area contributed by atoms with Crippen LogP contribution in [0.3, 0.4) is 0 Å². The van der Waals surface area contributed by atoms with Crippen LogP contribution in [0.15, 0.2) is 83.8 Å². The van der Waals surface area contributed by atoms with Crippen molar-refractivity contribution in [3.63, 3.8) is 0 Å². The lowest BCUT2D eigenvalue weighted by molar-refractivity contribution is -0.138. The fraction of sp³-hybridized carbons (Fsp3) is 0.182. The molecule has 0 aliphatic carbocycles. The Bertz CT molecular complexity index is 992. The topological polar surface area (TPSA) is 42.3 Å². The third-order valence-electron chi connectivity index (χ3n) is 4.63. The van der Waals surface area contributed by atoms with E-state index in [1.54, 1.807) is 7.05 Å². The van der Waals surface area contributed by atoms with Gasteiger partial charge in [-0.25, -0.2) is 0 Å². The minimum absolute atomic E-state index is 0.439. The van der Waals surface area contributed by atoms with Crippen LogP contribution in [0.25, 0.3) is 0 Å². The van der Waals surface area contributed by atoms with E-state index < -0.39 is 35.8 Å². The minimum atomic E-state index is -4.60. The first kappa shape index (κ1) is 20.4. The summed E-state index contributed by atoms with van der Waals surface area (Å²) >= 11 is 0. The number of alkyl halides is 3. The van der Waals surface area contributed by atoms with Gasteiger partial charge in [0, 0.05) is 19.3 Å². The fourth-order valence-electron chi connectivity index (χ4n) is 3.13. The number of likely N-dealkylation sites (N-methyl/N-ethyl adjacent to an activating group) is 1. The lowest BCUT2D eigenvalue weighted by Crippen LogP contribution is -2.37. The average Bonchev–Trinajstić information content (AvgIpc) is 2.70. The second-order valence-corrected chi connectivity index (χ2v) is 6.61. The zero-order chi connectivity index (χ0) is 21.0. The molecule has 0 radical (unpaired) electrons. The highest BCUT2D eigenvalue weighted by Gasteiger charge is 2.31. The highest BCUT2D eigenvalue weighted by Crippen LogP contribution is 2.29. The van der Waals surface area contributed by atoms with Gasteiger partial charge in [-0.2, -0.15) is 13.2 Å². The van der Waals surface area contributed by atoms with Crippen LogP contribution in [0, 0.1) is 0 Å². The standard InChI is InChI=1S/C22H19F3N2O2/c1-26(20(29)15-27-14-18(22(23,24)25)12-13-19(27)28)21(16-8-4-2-5-9-16)17-10-6-3-7-11-17/h2-14,21H,15H2,1H3. The molecular formula is C22H19F3N2O2. The van der Waals surface area contributed by atoms with Crippen molar-refractivity contribution in [2.75, 3.05) is 7.05 Å². The second kappa shape index (κ2) is 8.34. The van der Waals surface area contributed by atoms with Gasteiger partial charge in [-0.3, -0.25) is 9.59 Å². The zero-order valence-electron chi connectivity index (χ0n) is 15.6. The summed E-state index contributed by atoms with van der Waals surface area (Å²) in [6.45, 7) is -0.491. The third-order valence-corrected chi connectivity index (χ3v) is 4.63. The average molecular weight is 400 g/mol. The molecule has 0 N–H and O–H groups in total. The number of nitrogens with zero attached hydrogens (tertiary/aromatic N) is 2. The van der Waals surface area contributed by atoms with Gasteiger partial charge in [-0.05, 0) is 17.2 Å². The number of carbonyl (C=O) groups is 1. The van der Waals surface area contributed by atoms with Gasteiger partial charge in [0.15, 0.2) is 0 Å². The highest BCUT2D eigenvalue weighted by atomic mass is 19.4. The van der Waals surface area contributed by atoms with Gasteiger partial charge in [0.2, 0.25) is 5.91 Å². The molecule has 2 aromatic carbocycles. The molecule has 3 rings (SSSR count). The number of pyridine rings is 1. The largest absolute Gasteiger partial charge is 0.417 e. The summed E-state index contributed by atoms with van der Waals surface area (Å²) < 4.78 is 39.7. The maximum absolute atomic E-state index is 13.0. The Kier molecular flexibility index (Phi) is 5.87. The molecule has 7 heteroatoms. The molecular weight excluding hydrogens is 381 g/mol. The maximum atomic E-state index is 13.0. The molecule has 0 fully saturated rings. The molecule has 0 aliphatic heterocycles. The van der Waals surface area contributed by atoms with Crippen LogP contribution in [0.2, 0.25) is 0 Å². The Morgan fingerprint density at radius 2 is 1.45 bits per heavy atom. The molecule has 1 heterocycles. The van der Waals surface area contributed by atoms with E-state index in [4.69, 9.17) is 0 Å². The molecule has 0 aliphatic rings. The van der Waals surface area contributed by atoms with E-state index in [-0.39, 0.29) is 0 Å². The Morgan fingerprint density at radius 3 is 1.93 bits per heavy atom. The van der Waals surface area contributed by atoms with Crippen LogP contribution in [0.4, 0.5) is 13.2 Å². The van der Waals surface area contributed by atoms with E-state index in [1.807, 2.05) is 60.7 Å². The smallest absolute Gasteiger partial charge is 0.333 e. The summed E-state index contributed by atoms with van der Waals surface area (Å²) in [7, 11) is 1.58. The molecule has 0 saturated heterocycles. The van der Waals surface area contributed by atoms with Crippen molar-refractivity contribution in [3.8, 4) is 0 Å². The third kappa shape index (κ3) is 4.74. The quantitative estimate of drug-likeness (QED) is 0.647. The molecule has 29 heavy (non-hydrogen) atoms. The number of benzene rings is 2. The summed E-state index contributed by atoms with van der Waals surface area (Å²) in [5.41, 5.74) is 0.0582. The van der Waals surface area contributed by atoms with Crippen LogP contribution in [0.5, 0.6) is 0 Å². The Hall–Kier alpha value is -3.35. The lowest BCUT2D eigenvalue weighted by Gasteiger charge is -2.29. The first-order valence-electron chi connectivity index (χ1n) is 8.90. The number of amides is 1. The summed E-state index contributed by atoms with van der Waals surface area (Å²) in [5.74, 6) is -0.482. The summed E-state index contributed by atoms with van der Waals surface area (Å²) in [6, 6.07) is 19.7. The molecule has 1 amide bonds. The molecule has 0 unspecified atom stereocenters.